The first-order chi connectivity index (χ1) is 13.0. The number of nitrogens with one attached hydrogen (secondary N) is 1. The Bertz CT molecular complexity index is 891. The summed E-state index contributed by atoms with van der Waals surface area (Å²) in [6.45, 7) is 5.54. The molecule has 0 aliphatic carbocycles. The highest BCUT2D eigenvalue weighted by atomic mass is 35.5. The van der Waals surface area contributed by atoms with Crippen molar-refractivity contribution in [3.8, 4) is 0 Å². The largest absolute Gasteiger partial charge is 0.339 e. The average molecular weight is 407 g/mol. The minimum absolute atomic E-state index is 0. The van der Waals surface area contributed by atoms with Crippen molar-refractivity contribution in [3.63, 3.8) is 0 Å². The van der Waals surface area contributed by atoms with E-state index in [-0.39, 0.29) is 24.0 Å². The fourth-order valence-electron chi connectivity index (χ4n) is 3.93. The summed E-state index contributed by atoms with van der Waals surface area (Å²) >= 11 is 0. The molecule has 9 nitrogen and oxygen atoms in total. The number of rotatable bonds is 3. The van der Waals surface area contributed by atoms with E-state index in [9.17, 15) is 14.9 Å². The molecule has 2 aromatic rings. The van der Waals surface area contributed by atoms with Gasteiger partial charge in [0.25, 0.3) is 11.6 Å². The Kier molecular flexibility index (Phi) is 5.95. The number of carbonyl (C=O) groups is 1. The van der Waals surface area contributed by atoms with Crippen LogP contribution in [0.2, 0.25) is 0 Å². The van der Waals surface area contributed by atoms with Gasteiger partial charge in [0.2, 0.25) is 0 Å². The third-order valence-corrected chi connectivity index (χ3v) is 5.32. The first kappa shape index (κ1) is 20.2. The van der Waals surface area contributed by atoms with Crippen molar-refractivity contribution in [2.24, 2.45) is 0 Å². The molecule has 0 radical (unpaired) electrons. The molecule has 0 bridgehead atoms. The normalized spacial score (nSPS) is 17.0. The zero-order valence-corrected chi connectivity index (χ0v) is 16.4. The van der Waals surface area contributed by atoms with E-state index >= 15 is 0 Å². The van der Waals surface area contributed by atoms with Crippen LogP contribution in [0.1, 0.15) is 46.3 Å². The van der Waals surface area contributed by atoms with Crippen LogP contribution in [0.15, 0.2) is 18.2 Å². The molecule has 1 saturated heterocycles. The number of non-ortho nitro benzene ring substituents is 1. The van der Waals surface area contributed by atoms with Gasteiger partial charge in [-0.1, -0.05) is 0 Å². The monoisotopic (exact) mass is 406 g/mol. The van der Waals surface area contributed by atoms with Gasteiger partial charge in [0.05, 0.1) is 11.5 Å². The fraction of sp³-hybridized carbons (Fsp3) is 0.500. The summed E-state index contributed by atoms with van der Waals surface area (Å²) in [6.07, 6.45) is 1.65. The van der Waals surface area contributed by atoms with Crippen molar-refractivity contribution in [1.82, 2.24) is 25.0 Å². The van der Waals surface area contributed by atoms with Crippen LogP contribution >= 0.6 is 12.4 Å². The van der Waals surface area contributed by atoms with Gasteiger partial charge in [-0.2, -0.15) is 0 Å². The van der Waals surface area contributed by atoms with Gasteiger partial charge in [-0.15, -0.1) is 22.6 Å². The van der Waals surface area contributed by atoms with Crippen molar-refractivity contribution in [2.75, 3.05) is 19.6 Å². The van der Waals surface area contributed by atoms with Crippen molar-refractivity contribution in [2.45, 2.75) is 38.8 Å². The summed E-state index contributed by atoms with van der Waals surface area (Å²) in [5.74, 6) is 2.14. The van der Waals surface area contributed by atoms with E-state index in [2.05, 4.69) is 20.1 Å². The van der Waals surface area contributed by atoms with E-state index in [1.807, 2.05) is 0 Å². The molecule has 0 atom stereocenters. The van der Waals surface area contributed by atoms with Crippen LogP contribution in [-0.4, -0.2) is 50.1 Å². The molecule has 1 aromatic heterocycles. The molecule has 1 N–H and O–H groups in total. The fourth-order valence-corrected chi connectivity index (χ4v) is 3.93. The number of aryl methyl sites for hydroxylation is 1. The van der Waals surface area contributed by atoms with Crippen LogP contribution in [0.5, 0.6) is 0 Å². The highest BCUT2D eigenvalue weighted by Gasteiger charge is 2.29. The van der Waals surface area contributed by atoms with E-state index in [4.69, 9.17) is 0 Å². The molecule has 1 fully saturated rings. The third kappa shape index (κ3) is 3.85. The Morgan fingerprint density at radius 1 is 1.21 bits per heavy atom. The maximum Gasteiger partial charge on any atom is 0.270 e. The summed E-state index contributed by atoms with van der Waals surface area (Å²) in [7, 11) is 0. The lowest BCUT2D eigenvalue weighted by molar-refractivity contribution is -0.384. The number of nitro benzene ring substituents is 1. The Hall–Kier alpha value is -2.52. The molecule has 4 rings (SSSR count). The molecule has 10 heteroatoms. The summed E-state index contributed by atoms with van der Waals surface area (Å²) in [6, 6.07) is 4.55. The number of nitro groups is 1. The van der Waals surface area contributed by atoms with Crippen LogP contribution in [0, 0.1) is 17.0 Å². The van der Waals surface area contributed by atoms with Crippen LogP contribution in [0.4, 0.5) is 5.69 Å². The number of nitrogens with zero attached hydrogens (tertiary/aromatic N) is 5. The van der Waals surface area contributed by atoms with E-state index in [1.54, 1.807) is 17.9 Å². The predicted molar refractivity (Wildman–Crippen MR) is 105 cm³/mol. The smallest absolute Gasteiger partial charge is 0.270 e. The van der Waals surface area contributed by atoms with Crippen molar-refractivity contribution in [3.05, 3.63) is 51.1 Å². The number of hydrogen-bond donors (Lipinski definition) is 1. The summed E-state index contributed by atoms with van der Waals surface area (Å²) in [5, 5.41) is 23.0. The molecule has 150 valence electrons. The number of carbonyl (C=O) groups excluding carboxylic acids is 1. The zero-order chi connectivity index (χ0) is 19.0. The number of piperidine rings is 1. The Morgan fingerprint density at radius 2 is 1.96 bits per heavy atom. The number of likely N-dealkylation sites (tertiary alicyclic amines) is 1. The summed E-state index contributed by atoms with van der Waals surface area (Å²) in [5.41, 5.74) is 1.05. The number of aromatic nitrogens is 3. The van der Waals surface area contributed by atoms with Crippen LogP contribution in [0.25, 0.3) is 0 Å². The average Bonchev–Trinajstić information content (AvgIpc) is 3.11. The van der Waals surface area contributed by atoms with Crippen molar-refractivity contribution >= 4 is 24.0 Å². The Balaban J connectivity index is 0.00000225. The SMILES string of the molecule is Cc1cc(C(=O)N2CCC(c3nnc4n3CCNC4)CC2)cc([N+](=O)[O-])c1.Cl. The maximum atomic E-state index is 12.8. The van der Waals surface area contributed by atoms with Gasteiger partial charge in [-0.05, 0) is 31.4 Å². The van der Waals surface area contributed by atoms with Gasteiger partial charge >= 0.3 is 0 Å². The van der Waals surface area contributed by atoms with Crippen molar-refractivity contribution < 1.29 is 9.72 Å². The lowest BCUT2D eigenvalue weighted by Gasteiger charge is -2.32. The Morgan fingerprint density at radius 3 is 2.68 bits per heavy atom. The van der Waals surface area contributed by atoms with Gasteiger partial charge in [0, 0.05) is 49.8 Å². The van der Waals surface area contributed by atoms with Gasteiger partial charge in [0.1, 0.15) is 11.6 Å². The van der Waals surface area contributed by atoms with E-state index in [1.165, 1.54) is 12.1 Å². The van der Waals surface area contributed by atoms with E-state index in [0.29, 0.717) is 30.1 Å². The second-order valence-electron chi connectivity index (χ2n) is 7.18. The number of hydrogen-bond acceptors (Lipinski definition) is 6. The highest BCUT2D eigenvalue weighted by molar-refractivity contribution is 5.95. The van der Waals surface area contributed by atoms with Crippen LogP contribution in [-0.2, 0) is 13.1 Å². The predicted octanol–water partition coefficient (Wildman–Crippen LogP) is 2.04. The summed E-state index contributed by atoms with van der Waals surface area (Å²) < 4.78 is 2.20. The maximum absolute atomic E-state index is 12.8. The minimum atomic E-state index is -0.459. The second kappa shape index (κ2) is 8.24. The minimum Gasteiger partial charge on any atom is -0.339 e. The highest BCUT2D eigenvalue weighted by Crippen LogP contribution is 2.29. The number of fused-ring (bicyclic) bond motifs is 1. The first-order valence-corrected chi connectivity index (χ1v) is 9.21. The second-order valence-corrected chi connectivity index (χ2v) is 7.18. The molecule has 3 heterocycles. The van der Waals surface area contributed by atoms with Crippen LogP contribution < -0.4 is 5.32 Å². The molecular formula is C18H23ClN6O3. The van der Waals surface area contributed by atoms with Gasteiger partial charge < -0.3 is 14.8 Å². The van der Waals surface area contributed by atoms with E-state index in [0.717, 1.165) is 44.1 Å². The zero-order valence-electron chi connectivity index (χ0n) is 15.6. The lowest BCUT2D eigenvalue weighted by Crippen LogP contribution is -2.39. The summed E-state index contributed by atoms with van der Waals surface area (Å²) in [4.78, 5) is 25.2. The molecule has 2 aliphatic rings. The van der Waals surface area contributed by atoms with Crippen LogP contribution in [0.3, 0.4) is 0 Å². The molecule has 1 aromatic carbocycles. The number of benzene rings is 1. The van der Waals surface area contributed by atoms with Gasteiger partial charge in [-0.25, -0.2) is 0 Å². The molecule has 0 spiro atoms. The molecule has 2 aliphatic heterocycles. The number of amides is 1. The lowest BCUT2D eigenvalue weighted by atomic mass is 9.95. The van der Waals surface area contributed by atoms with E-state index < -0.39 is 4.92 Å². The molecule has 0 saturated carbocycles. The molecule has 0 unspecified atom stereocenters. The molecule has 28 heavy (non-hydrogen) atoms. The third-order valence-electron chi connectivity index (χ3n) is 5.32. The number of halogens is 1. The van der Waals surface area contributed by atoms with Gasteiger partial charge in [0.15, 0.2) is 0 Å². The molecule has 1 amide bonds. The van der Waals surface area contributed by atoms with Crippen molar-refractivity contribution in [1.29, 1.82) is 0 Å². The molecular weight excluding hydrogens is 384 g/mol. The van der Waals surface area contributed by atoms with Gasteiger partial charge in [-0.3, -0.25) is 14.9 Å². The first-order valence-electron chi connectivity index (χ1n) is 9.21. The Labute approximate surface area is 168 Å². The standard InChI is InChI=1S/C18H22N6O3.ClH/c1-12-8-14(10-15(9-12)24(26)27)18(25)22-5-2-13(3-6-22)17-21-20-16-11-19-4-7-23(16)17;/h8-10,13,19H,2-7,11H2,1H3;1H. The topological polar surface area (TPSA) is 106 Å². The quantitative estimate of drug-likeness (QED) is 0.617.